The van der Waals surface area contributed by atoms with Gasteiger partial charge in [0.15, 0.2) is 11.6 Å². The number of aromatic nitrogens is 2. The molecule has 6 nitrogen and oxygen atoms in total. The maximum atomic E-state index is 13.1. The van der Waals surface area contributed by atoms with Crippen molar-refractivity contribution in [2.45, 2.75) is 12.8 Å². The summed E-state index contributed by atoms with van der Waals surface area (Å²) in [4.78, 5) is 16.1. The van der Waals surface area contributed by atoms with E-state index in [-0.39, 0.29) is 24.4 Å². The number of amides is 1. The molecule has 0 saturated heterocycles. The molecule has 0 fully saturated rings. The average molecular weight is 359 g/mol. The number of hydrogen-bond acceptors (Lipinski definition) is 5. The summed E-state index contributed by atoms with van der Waals surface area (Å²) in [5.41, 5.74) is 0.936. The van der Waals surface area contributed by atoms with E-state index in [0.717, 1.165) is 17.7 Å². The first-order chi connectivity index (χ1) is 12.5. The van der Waals surface area contributed by atoms with Gasteiger partial charge >= 0.3 is 0 Å². The molecule has 1 amide bonds. The molecule has 0 aliphatic heterocycles. The topological polar surface area (TPSA) is 77.2 Å². The van der Waals surface area contributed by atoms with Crippen LogP contribution in [0.3, 0.4) is 0 Å². The molecule has 26 heavy (non-hydrogen) atoms. The number of anilines is 1. The maximum Gasteiger partial charge on any atom is 0.227 e. The first-order valence-electron chi connectivity index (χ1n) is 7.77. The van der Waals surface area contributed by atoms with Crippen molar-refractivity contribution in [2.75, 3.05) is 12.4 Å². The fraction of sp³-hybridized carbons (Fsp3) is 0.167. The molecule has 1 heterocycles. The Balaban J connectivity index is 1.56. The van der Waals surface area contributed by atoms with Crippen molar-refractivity contribution >= 4 is 11.6 Å². The monoisotopic (exact) mass is 359 g/mol. The predicted octanol–water partition coefficient (Wildman–Crippen LogP) is 3.59. The zero-order chi connectivity index (χ0) is 18.5. The quantitative estimate of drug-likeness (QED) is 0.728. The van der Waals surface area contributed by atoms with Gasteiger partial charge in [-0.1, -0.05) is 5.16 Å². The van der Waals surface area contributed by atoms with Crippen LogP contribution < -0.4 is 10.1 Å². The second-order valence-electron chi connectivity index (χ2n) is 5.42. The van der Waals surface area contributed by atoms with Crippen molar-refractivity contribution < 1.29 is 22.8 Å². The number of halogens is 2. The Morgan fingerprint density at radius 1 is 1.15 bits per heavy atom. The van der Waals surface area contributed by atoms with Crippen LogP contribution in [0.25, 0.3) is 11.4 Å². The molecular formula is C18H15F2N3O3. The number of carbonyl (C=O) groups excluding carboxylic acids is 1. The molecule has 0 saturated carbocycles. The lowest BCUT2D eigenvalue weighted by atomic mass is 10.2. The van der Waals surface area contributed by atoms with Gasteiger partial charge < -0.3 is 14.6 Å². The summed E-state index contributed by atoms with van der Waals surface area (Å²) in [6.45, 7) is 0. The van der Waals surface area contributed by atoms with Crippen LogP contribution >= 0.6 is 0 Å². The van der Waals surface area contributed by atoms with Gasteiger partial charge in [0.05, 0.1) is 7.11 Å². The molecule has 0 aliphatic rings. The molecule has 8 heteroatoms. The maximum absolute atomic E-state index is 13.1. The van der Waals surface area contributed by atoms with Crippen molar-refractivity contribution in [2.24, 2.45) is 0 Å². The molecular weight excluding hydrogens is 344 g/mol. The van der Waals surface area contributed by atoms with Gasteiger partial charge in [-0.25, -0.2) is 8.78 Å². The number of ether oxygens (including phenoxy) is 1. The largest absolute Gasteiger partial charge is 0.497 e. The SMILES string of the molecule is COc1ccc(-c2noc(CCC(=O)Nc3ccc(F)c(F)c3)n2)cc1. The van der Waals surface area contributed by atoms with Gasteiger partial charge in [0.1, 0.15) is 5.75 Å². The number of aryl methyl sites for hydroxylation is 1. The molecule has 0 aliphatic carbocycles. The van der Waals surface area contributed by atoms with Crippen LogP contribution in [0.2, 0.25) is 0 Å². The molecule has 0 radical (unpaired) electrons. The molecule has 1 N–H and O–H groups in total. The Labute approximate surface area is 147 Å². The fourth-order valence-electron chi connectivity index (χ4n) is 2.23. The fourth-order valence-corrected chi connectivity index (χ4v) is 2.23. The van der Waals surface area contributed by atoms with Crippen LogP contribution in [-0.4, -0.2) is 23.2 Å². The molecule has 1 aromatic heterocycles. The zero-order valence-corrected chi connectivity index (χ0v) is 13.8. The minimum atomic E-state index is -1.02. The second-order valence-corrected chi connectivity index (χ2v) is 5.42. The van der Waals surface area contributed by atoms with Crippen LogP contribution in [0.5, 0.6) is 5.75 Å². The van der Waals surface area contributed by atoms with Gasteiger partial charge in [0.2, 0.25) is 17.6 Å². The van der Waals surface area contributed by atoms with Gasteiger partial charge in [0.25, 0.3) is 0 Å². The molecule has 3 rings (SSSR count). The average Bonchev–Trinajstić information content (AvgIpc) is 3.12. The number of nitrogens with one attached hydrogen (secondary N) is 1. The molecule has 134 valence electrons. The Bertz CT molecular complexity index is 910. The Morgan fingerprint density at radius 3 is 2.62 bits per heavy atom. The number of rotatable bonds is 6. The number of benzene rings is 2. The molecule has 0 bridgehead atoms. The molecule has 3 aromatic rings. The van der Waals surface area contributed by atoms with Crippen LogP contribution in [-0.2, 0) is 11.2 Å². The highest BCUT2D eigenvalue weighted by molar-refractivity contribution is 5.90. The van der Waals surface area contributed by atoms with E-state index in [1.807, 2.05) is 0 Å². The lowest BCUT2D eigenvalue weighted by Gasteiger charge is -2.04. The number of methoxy groups -OCH3 is 1. The standard InChI is InChI=1S/C18H15F2N3O3/c1-25-13-5-2-11(3-6-13)18-22-17(26-23-18)9-8-16(24)21-12-4-7-14(19)15(20)10-12/h2-7,10H,8-9H2,1H3,(H,21,24). The van der Waals surface area contributed by atoms with Gasteiger partial charge in [-0.3, -0.25) is 4.79 Å². The van der Waals surface area contributed by atoms with Gasteiger partial charge in [-0.15, -0.1) is 0 Å². The summed E-state index contributed by atoms with van der Waals surface area (Å²) in [6, 6.07) is 10.3. The molecule has 0 atom stereocenters. The van der Waals surface area contributed by atoms with E-state index < -0.39 is 11.6 Å². The normalized spacial score (nSPS) is 10.6. The van der Waals surface area contributed by atoms with Crippen molar-refractivity contribution in [3.8, 4) is 17.1 Å². The lowest BCUT2D eigenvalue weighted by molar-refractivity contribution is -0.116. The van der Waals surface area contributed by atoms with E-state index in [1.165, 1.54) is 6.07 Å². The van der Waals surface area contributed by atoms with Crippen LogP contribution in [0.1, 0.15) is 12.3 Å². The minimum absolute atomic E-state index is 0.0588. The lowest BCUT2D eigenvalue weighted by Crippen LogP contribution is -2.12. The number of nitrogens with zero attached hydrogens (tertiary/aromatic N) is 2. The van der Waals surface area contributed by atoms with Crippen molar-refractivity contribution in [1.82, 2.24) is 10.1 Å². The van der Waals surface area contributed by atoms with Crippen molar-refractivity contribution in [1.29, 1.82) is 0 Å². The third-order valence-corrected chi connectivity index (χ3v) is 3.59. The summed E-state index contributed by atoms with van der Waals surface area (Å²) in [7, 11) is 1.58. The van der Waals surface area contributed by atoms with Gasteiger partial charge in [0, 0.05) is 30.2 Å². The third kappa shape index (κ3) is 4.21. The first kappa shape index (κ1) is 17.5. The first-order valence-corrected chi connectivity index (χ1v) is 7.77. The Morgan fingerprint density at radius 2 is 1.92 bits per heavy atom. The van der Waals surface area contributed by atoms with E-state index >= 15 is 0 Å². The molecule has 2 aromatic carbocycles. The Kier molecular flexibility index (Phi) is 5.21. The van der Waals surface area contributed by atoms with Crippen molar-refractivity contribution in [3.05, 3.63) is 60.0 Å². The van der Waals surface area contributed by atoms with Gasteiger partial charge in [-0.2, -0.15) is 4.98 Å². The smallest absolute Gasteiger partial charge is 0.227 e. The predicted molar refractivity (Wildman–Crippen MR) is 89.6 cm³/mol. The van der Waals surface area contributed by atoms with Crippen molar-refractivity contribution in [3.63, 3.8) is 0 Å². The highest BCUT2D eigenvalue weighted by atomic mass is 19.2. The van der Waals surface area contributed by atoms with E-state index in [0.29, 0.717) is 17.5 Å². The van der Waals surface area contributed by atoms with Gasteiger partial charge in [-0.05, 0) is 36.4 Å². The second kappa shape index (κ2) is 7.73. The van der Waals surface area contributed by atoms with Crippen LogP contribution in [0.4, 0.5) is 14.5 Å². The minimum Gasteiger partial charge on any atom is -0.497 e. The van der Waals surface area contributed by atoms with E-state index in [1.54, 1.807) is 31.4 Å². The molecule has 0 spiro atoms. The van der Waals surface area contributed by atoms with E-state index in [2.05, 4.69) is 15.5 Å². The number of hydrogen-bond donors (Lipinski definition) is 1. The highest BCUT2D eigenvalue weighted by Crippen LogP contribution is 2.20. The summed E-state index contributed by atoms with van der Waals surface area (Å²) in [5, 5.41) is 6.36. The third-order valence-electron chi connectivity index (χ3n) is 3.59. The number of carbonyl (C=O) groups is 1. The summed E-state index contributed by atoms with van der Waals surface area (Å²) < 4.78 is 36.2. The van der Waals surface area contributed by atoms with E-state index in [9.17, 15) is 13.6 Å². The van der Waals surface area contributed by atoms with Crippen LogP contribution in [0.15, 0.2) is 47.0 Å². The molecule has 0 unspecified atom stereocenters. The van der Waals surface area contributed by atoms with E-state index in [4.69, 9.17) is 9.26 Å². The summed E-state index contributed by atoms with van der Waals surface area (Å²) in [6.07, 6.45) is 0.280. The summed E-state index contributed by atoms with van der Waals surface area (Å²) in [5.74, 6) is -0.949. The highest BCUT2D eigenvalue weighted by Gasteiger charge is 2.12. The Hall–Kier alpha value is -3.29. The van der Waals surface area contributed by atoms with Crippen LogP contribution in [0, 0.1) is 11.6 Å². The summed E-state index contributed by atoms with van der Waals surface area (Å²) >= 11 is 0. The zero-order valence-electron chi connectivity index (χ0n) is 13.8.